The van der Waals surface area contributed by atoms with E-state index in [0.29, 0.717) is 36.7 Å². The molecule has 1 aliphatic rings. The summed E-state index contributed by atoms with van der Waals surface area (Å²) >= 11 is 0. The first-order valence-corrected chi connectivity index (χ1v) is 9.59. The molecule has 1 unspecified atom stereocenters. The zero-order chi connectivity index (χ0) is 20.4. The van der Waals surface area contributed by atoms with Crippen LogP contribution < -0.4 is 5.32 Å². The summed E-state index contributed by atoms with van der Waals surface area (Å²) in [4.78, 5) is 35.7. The van der Waals surface area contributed by atoms with Crippen LogP contribution in [0.2, 0.25) is 0 Å². The van der Waals surface area contributed by atoms with E-state index in [0.717, 1.165) is 11.4 Å². The fraction of sp³-hybridized carbons (Fsp3) is 0.333. The van der Waals surface area contributed by atoms with Crippen molar-refractivity contribution in [1.82, 2.24) is 24.8 Å². The van der Waals surface area contributed by atoms with Gasteiger partial charge >= 0.3 is 0 Å². The van der Waals surface area contributed by atoms with E-state index in [1.165, 1.54) is 0 Å². The number of nitrogens with zero attached hydrogens (tertiary/aromatic N) is 4. The second kappa shape index (κ2) is 7.90. The minimum Gasteiger partial charge on any atom is -0.467 e. The molecule has 3 aromatic heterocycles. The number of carbonyl (C=O) groups is 2. The summed E-state index contributed by atoms with van der Waals surface area (Å²) in [6, 6.07) is 5.26. The Kier molecular flexibility index (Phi) is 5.16. The predicted octanol–water partition coefficient (Wildman–Crippen LogP) is 2.26. The molecule has 0 radical (unpaired) electrons. The fourth-order valence-electron chi connectivity index (χ4n) is 3.57. The van der Waals surface area contributed by atoms with Crippen molar-refractivity contribution in [2.75, 3.05) is 6.54 Å². The molecule has 0 saturated heterocycles. The Bertz CT molecular complexity index is 1020. The number of pyridine rings is 1. The largest absolute Gasteiger partial charge is 0.467 e. The standard InChI is InChI=1S/C21H23N5O3/c1-14-8-16(11-22-10-14)21(28)26-6-5-25-13-17(24-20(25)15(26)2)9-19(27)23-12-18-4-3-7-29-18/h3-4,7-8,10-11,13,15H,5-6,9,12H2,1-2H3,(H,23,27). The number of carbonyl (C=O) groups excluding carboxylic acids is 2. The molecule has 8 nitrogen and oxygen atoms in total. The van der Waals surface area contributed by atoms with Gasteiger partial charge in [-0.2, -0.15) is 0 Å². The van der Waals surface area contributed by atoms with Crippen molar-refractivity contribution in [3.05, 3.63) is 71.5 Å². The van der Waals surface area contributed by atoms with Crippen LogP contribution in [0, 0.1) is 6.92 Å². The van der Waals surface area contributed by atoms with Gasteiger partial charge in [0.15, 0.2) is 0 Å². The van der Waals surface area contributed by atoms with Crippen LogP contribution in [0.1, 0.15) is 46.2 Å². The molecule has 4 heterocycles. The molecule has 1 aliphatic heterocycles. The first kappa shape index (κ1) is 18.9. The number of amides is 2. The lowest BCUT2D eigenvalue weighted by Gasteiger charge is -2.33. The number of nitrogens with one attached hydrogen (secondary N) is 1. The van der Waals surface area contributed by atoms with Crippen LogP contribution in [0.5, 0.6) is 0 Å². The Balaban J connectivity index is 1.43. The molecular formula is C21H23N5O3. The highest BCUT2D eigenvalue weighted by Gasteiger charge is 2.30. The SMILES string of the molecule is Cc1cncc(C(=O)N2CCn3cc(CC(=O)NCc4ccco4)nc3C2C)c1. The lowest BCUT2D eigenvalue weighted by atomic mass is 10.1. The van der Waals surface area contributed by atoms with E-state index in [1.54, 1.807) is 29.6 Å². The first-order valence-electron chi connectivity index (χ1n) is 9.59. The molecule has 0 aromatic carbocycles. The average Bonchev–Trinajstić information content (AvgIpc) is 3.36. The lowest BCUT2D eigenvalue weighted by Crippen LogP contribution is -2.41. The molecule has 150 valence electrons. The minimum atomic E-state index is -0.184. The third-order valence-electron chi connectivity index (χ3n) is 5.04. The second-order valence-electron chi connectivity index (χ2n) is 7.24. The zero-order valence-corrected chi connectivity index (χ0v) is 16.5. The number of rotatable bonds is 5. The Labute approximate surface area is 168 Å². The molecule has 8 heteroatoms. The van der Waals surface area contributed by atoms with E-state index >= 15 is 0 Å². The van der Waals surface area contributed by atoms with Gasteiger partial charge in [-0.25, -0.2) is 4.98 Å². The summed E-state index contributed by atoms with van der Waals surface area (Å²) < 4.78 is 7.24. The lowest BCUT2D eigenvalue weighted by molar-refractivity contribution is -0.120. The maximum atomic E-state index is 12.9. The average molecular weight is 393 g/mol. The summed E-state index contributed by atoms with van der Waals surface area (Å²) in [6.07, 6.45) is 6.98. The third-order valence-corrected chi connectivity index (χ3v) is 5.04. The van der Waals surface area contributed by atoms with E-state index in [9.17, 15) is 9.59 Å². The molecule has 0 aliphatic carbocycles. The molecule has 0 bridgehead atoms. The van der Waals surface area contributed by atoms with E-state index in [1.807, 2.05) is 36.7 Å². The van der Waals surface area contributed by atoms with Crippen molar-refractivity contribution in [2.24, 2.45) is 0 Å². The van der Waals surface area contributed by atoms with Crippen LogP contribution in [0.25, 0.3) is 0 Å². The van der Waals surface area contributed by atoms with Gasteiger partial charge in [0, 0.05) is 31.7 Å². The minimum absolute atomic E-state index is 0.0549. The summed E-state index contributed by atoms with van der Waals surface area (Å²) in [5.41, 5.74) is 2.22. The van der Waals surface area contributed by atoms with Gasteiger partial charge in [-0.05, 0) is 37.6 Å². The van der Waals surface area contributed by atoms with Crippen molar-refractivity contribution in [3.63, 3.8) is 0 Å². The van der Waals surface area contributed by atoms with E-state index in [-0.39, 0.29) is 24.3 Å². The highest BCUT2D eigenvalue weighted by atomic mass is 16.3. The Morgan fingerprint density at radius 1 is 1.31 bits per heavy atom. The van der Waals surface area contributed by atoms with E-state index < -0.39 is 0 Å². The Morgan fingerprint density at radius 2 is 2.17 bits per heavy atom. The van der Waals surface area contributed by atoms with E-state index in [4.69, 9.17) is 4.42 Å². The van der Waals surface area contributed by atoms with Gasteiger partial charge in [0.25, 0.3) is 5.91 Å². The number of fused-ring (bicyclic) bond motifs is 1. The van der Waals surface area contributed by atoms with Crippen LogP contribution in [0.4, 0.5) is 0 Å². The predicted molar refractivity (Wildman–Crippen MR) is 105 cm³/mol. The molecule has 0 saturated carbocycles. The maximum absolute atomic E-state index is 12.9. The fourth-order valence-corrected chi connectivity index (χ4v) is 3.57. The van der Waals surface area contributed by atoms with Crippen molar-refractivity contribution in [2.45, 2.75) is 39.4 Å². The number of hydrogen-bond donors (Lipinski definition) is 1. The van der Waals surface area contributed by atoms with Crippen molar-refractivity contribution in [3.8, 4) is 0 Å². The zero-order valence-electron chi connectivity index (χ0n) is 16.5. The van der Waals surface area contributed by atoms with Crippen LogP contribution >= 0.6 is 0 Å². The number of hydrogen-bond acceptors (Lipinski definition) is 5. The number of aromatic nitrogens is 3. The molecule has 1 atom stereocenters. The molecule has 0 fully saturated rings. The highest BCUT2D eigenvalue weighted by Crippen LogP contribution is 2.26. The van der Waals surface area contributed by atoms with Gasteiger partial charge < -0.3 is 19.2 Å². The molecule has 0 spiro atoms. The van der Waals surface area contributed by atoms with Crippen LogP contribution in [0.3, 0.4) is 0 Å². The highest BCUT2D eigenvalue weighted by molar-refractivity contribution is 5.94. The molecule has 29 heavy (non-hydrogen) atoms. The van der Waals surface area contributed by atoms with Gasteiger partial charge in [-0.3, -0.25) is 14.6 Å². The third kappa shape index (κ3) is 4.06. The summed E-state index contributed by atoms with van der Waals surface area (Å²) in [5.74, 6) is 1.32. The number of aryl methyl sites for hydroxylation is 1. The monoisotopic (exact) mass is 393 g/mol. The normalized spacial score (nSPS) is 15.8. The summed E-state index contributed by atoms with van der Waals surface area (Å²) in [5, 5.41) is 2.83. The van der Waals surface area contributed by atoms with Gasteiger partial charge in [-0.15, -0.1) is 0 Å². The van der Waals surface area contributed by atoms with Crippen LogP contribution in [-0.2, 0) is 24.3 Å². The van der Waals surface area contributed by atoms with Gasteiger partial charge in [-0.1, -0.05) is 0 Å². The smallest absolute Gasteiger partial charge is 0.256 e. The van der Waals surface area contributed by atoms with Gasteiger partial charge in [0.05, 0.1) is 36.5 Å². The Hall–Kier alpha value is -3.42. The number of imidazole rings is 1. The molecular weight excluding hydrogens is 370 g/mol. The van der Waals surface area contributed by atoms with Crippen molar-refractivity contribution in [1.29, 1.82) is 0 Å². The quantitative estimate of drug-likeness (QED) is 0.718. The molecule has 1 N–H and O–H groups in total. The summed E-state index contributed by atoms with van der Waals surface area (Å²) in [6.45, 7) is 5.45. The topological polar surface area (TPSA) is 93.3 Å². The Morgan fingerprint density at radius 3 is 2.93 bits per heavy atom. The second-order valence-corrected chi connectivity index (χ2v) is 7.24. The summed E-state index contributed by atoms with van der Waals surface area (Å²) in [7, 11) is 0. The molecule has 3 aromatic rings. The van der Waals surface area contributed by atoms with Crippen LogP contribution in [-0.4, -0.2) is 37.8 Å². The molecule has 4 rings (SSSR count). The first-order chi connectivity index (χ1) is 14.0. The van der Waals surface area contributed by atoms with Crippen molar-refractivity contribution >= 4 is 11.8 Å². The van der Waals surface area contributed by atoms with Gasteiger partial charge in [0.1, 0.15) is 11.6 Å². The molecule has 2 amide bonds. The van der Waals surface area contributed by atoms with Gasteiger partial charge in [0.2, 0.25) is 5.91 Å². The van der Waals surface area contributed by atoms with E-state index in [2.05, 4.69) is 15.3 Å². The number of furan rings is 1. The van der Waals surface area contributed by atoms with Crippen LogP contribution in [0.15, 0.2) is 47.5 Å². The maximum Gasteiger partial charge on any atom is 0.256 e. The van der Waals surface area contributed by atoms with Crippen molar-refractivity contribution < 1.29 is 14.0 Å².